The van der Waals surface area contributed by atoms with Gasteiger partial charge in [-0.3, -0.25) is 0 Å². The maximum absolute atomic E-state index is 13.6. The summed E-state index contributed by atoms with van der Waals surface area (Å²) in [6.45, 7) is 0. The lowest BCUT2D eigenvalue weighted by atomic mass is 9.86. The third kappa shape index (κ3) is 2.88. The number of halogens is 1. The molecule has 0 amide bonds. The predicted molar refractivity (Wildman–Crippen MR) is 72.7 cm³/mol. The molecule has 1 fully saturated rings. The maximum atomic E-state index is 13.6. The van der Waals surface area contributed by atoms with E-state index in [9.17, 15) is 4.39 Å². The van der Waals surface area contributed by atoms with E-state index in [1.165, 1.54) is 6.07 Å². The molecule has 2 N–H and O–H groups in total. The number of benzene rings is 1. The van der Waals surface area contributed by atoms with Gasteiger partial charge in [-0.25, -0.2) is 4.39 Å². The average molecular weight is 275 g/mol. The molecule has 3 rings (SSSR count). The monoisotopic (exact) mass is 275 g/mol. The molecule has 0 aliphatic heterocycles. The van der Waals surface area contributed by atoms with Crippen molar-refractivity contribution in [2.24, 2.45) is 5.73 Å². The molecule has 5 heteroatoms. The molecule has 1 aromatic heterocycles. The Kier molecular flexibility index (Phi) is 3.78. The van der Waals surface area contributed by atoms with Crippen LogP contribution in [0.25, 0.3) is 0 Å². The van der Waals surface area contributed by atoms with Crippen molar-refractivity contribution in [3.8, 4) is 0 Å². The molecule has 0 saturated heterocycles. The van der Waals surface area contributed by atoms with Crippen LogP contribution in [0.15, 0.2) is 28.8 Å². The minimum atomic E-state index is -0.234. The minimum absolute atomic E-state index is 0.234. The highest BCUT2D eigenvalue weighted by atomic mass is 19.1. The van der Waals surface area contributed by atoms with Gasteiger partial charge in [0.05, 0.1) is 0 Å². The number of rotatable bonds is 3. The summed E-state index contributed by atoms with van der Waals surface area (Å²) in [5.41, 5.74) is 6.48. The summed E-state index contributed by atoms with van der Waals surface area (Å²) in [4.78, 5) is 4.41. The smallest absolute Gasteiger partial charge is 0.229 e. The Hall–Kier alpha value is -1.75. The fraction of sp³-hybridized carbons (Fsp3) is 0.467. The van der Waals surface area contributed by atoms with Crippen molar-refractivity contribution in [3.63, 3.8) is 0 Å². The number of nitrogens with zero attached hydrogens (tertiary/aromatic N) is 2. The van der Waals surface area contributed by atoms with Gasteiger partial charge in [-0.1, -0.05) is 23.4 Å². The predicted octanol–water partition coefficient (Wildman–Crippen LogP) is 2.78. The molecule has 4 nitrogen and oxygen atoms in total. The third-order valence-corrected chi connectivity index (χ3v) is 3.91. The van der Waals surface area contributed by atoms with Gasteiger partial charge in [0.25, 0.3) is 0 Å². The Morgan fingerprint density at radius 1 is 1.20 bits per heavy atom. The van der Waals surface area contributed by atoms with Crippen molar-refractivity contribution >= 4 is 0 Å². The first-order valence-corrected chi connectivity index (χ1v) is 7.04. The molecule has 1 aliphatic rings. The molecule has 1 saturated carbocycles. The van der Waals surface area contributed by atoms with E-state index >= 15 is 0 Å². The molecule has 0 unspecified atom stereocenters. The van der Waals surface area contributed by atoms with Crippen LogP contribution in [0.1, 0.15) is 48.9 Å². The van der Waals surface area contributed by atoms with Crippen LogP contribution < -0.4 is 5.73 Å². The molecule has 1 aromatic carbocycles. The van der Waals surface area contributed by atoms with E-state index < -0.39 is 0 Å². The number of hydrogen-bond acceptors (Lipinski definition) is 4. The summed E-state index contributed by atoms with van der Waals surface area (Å²) < 4.78 is 18.9. The van der Waals surface area contributed by atoms with Crippen LogP contribution >= 0.6 is 0 Å². The Balaban J connectivity index is 1.69. The Morgan fingerprint density at radius 3 is 2.70 bits per heavy atom. The van der Waals surface area contributed by atoms with Gasteiger partial charge < -0.3 is 10.3 Å². The molecule has 0 radical (unpaired) electrons. The molecule has 0 atom stereocenters. The molecular weight excluding hydrogens is 257 g/mol. The lowest BCUT2D eigenvalue weighted by molar-refractivity contribution is 0.300. The first kappa shape index (κ1) is 13.2. The van der Waals surface area contributed by atoms with Gasteiger partial charge in [-0.2, -0.15) is 4.98 Å². The second kappa shape index (κ2) is 5.71. The fourth-order valence-corrected chi connectivity index (χ4v) is 2.68. The molecule has 0 spiro atoms. The largest absolute Gasteiger partial charge is 0.339 e. The maximum Gasteiger partial charge on any atom is 0.229 e. The van der Waals surface area contributed by atoms with Crippen molar-refractivity contribution < 1.29 is 8.91 Å². The van der Waals surface area contributed by atoms with Crippen molar-refractivity contribution in [1.29, 1.82) is 0 Å². The number of hydrogen-bond donors (Lipinski definition) is 1. The standard InChI is InChI=1S/C15H18FN3O/c16-13-4-2-1-3-11(13)9-14-18-15(20-19-14)10-5-7-12(17)8-6-10/h1-4,10,12H,5-9,17H2. The van der Waals surface area contributed by atoms with Crippen LogP contribution in [0.5, 0.6) is 0 Å². The third-order valence-electron chi connectivity index (χ3n) is 3.91. The van der Waals surface area contributed by atoms with Crippen LogP contribution in [-0.4, -0.2) is 16.2 Å². The zero-order valence-electron chi connectivity index (χ0n) is 11.3. The summed E-state index contributed by atoms with van der Waals surface area (Å²) in [7, 11) is 0. The summed E-state index contributed by atoms with van der Waals surface area (Å²) >= 11 is 0. The highest BCUT2D eigenvalue weighted by Crippen LogP contribution is 2.31. The highest BCUT2D eigenvalue weighted by molar-refractivity contribution is 5.20. The van der Waals surface area contributed by atoms with Crippen molar-refractivity contribution in [1.82, 2.24) is 10.1 Å². The van der Waals surface area contributed by atoms with Gasteiger partial charge >= 0.3 is 0 Å². The van der Waals surface area contributed by atoms with Gasteiger partial charge in [-0.05, 0) is 37.3 Å². The van der Waals surface area contributed by atoms with E-state index in [1.807, 2.05) is 6.07 Å². The van der Waals surface area contributed by atoms with Crippen LogP contribution in [-0.2, 0) is 6.42 Å². The van der Waals surface area contributed by atoms with Gasteiger partial charge in [0.2, 0.25) is 5.89 Å². The lowest BCUT2D eigenvalue weighted by Gasteiger charge is -2.22. The molecule has 1 heterocycles. The van der Waals surface area contributed by atoms with E-state index in [0.717, 1.165) is 25.7 Å². The van der Waals surface area contributed by atoms with Crippen LogP contribution in [0.2, 0.25) is 0 Å². The fourth-order valence-electron chi connectivity index (χ4n) is 2.68. The summed E-state index contributed by atoms with van der Waals surface area (Å²) in [6.07, 6.45) is 4.33. The zero-order chi connectivity index (χ0) is 13.9. The van der Waals surface area contributed by atoms with Crippen LogP contribution in [0, 0.1) is 5.82 Å². The van der Waals surface area contributed by atoms with Crippen molar-refractivity contribution in [2.45, 2.75) is 44.1 Å². The average Bonchev–Trinajstić information content (AvgIpc) is 2.91. The van der Waals surface area contributed by atoms with Crippen molar-refractivity contribution in [2.75, 3.05) is 0 Å². The SMILES string of the molecule is NC1CCC(c2nc(Cc3ccccc3F)no2)CC1. The Labute approximate surface area is 117 Å². The Bertz CT molecular complexity index is 576. The molecule has 20 heavy (non-hydrogen) atoms. The van der Waals surface area contributed by atoms with Gasteiger partial charge in [0, 0.05) is 18.4 Å². The van der Waals surface area contributed by atoms with Crippen molar-refractivity contribution in [3.05, 3.63) is 47.4 Å². The van der Waals surface area contributed by atoms with E-state index in [1.54, 1.807) is 12.1 Å². The van der Waals surface area contributed by atoms with Gasteiger partial charge in [0.1, 0.15) is 5.82 Å². The van der Waals surface area contributed by atoms with Crippen LogP contribution in [0.4, 0.5) is 4.39 Å². The van der Waals surface area contributed by atoms with E-state index in [-0.39, 0.29) is 5.82 Å². The molecule has 2 aromatic rings. The highest BCUT2D eigenvalue weighted by Gasteiger charge is 2.24. The second-order valence-electron chi connectivity index (χ2n) is 5.43. The number of nitrogens with two attached hydrogens (primary N) is 1. The quantitative estimate of drug-likeness (QED) is 0.935. The molecular formula is C15H18FN3O. The van der Waals surface area contributed by atoms with E-state index in [2.05, 4.69) is 10.1 Å². The molecule has 106 valence electrons. The topological polar surface area (TPSA) is 64.9 Å². The normalized spacial score (nSPS) is 22.9. The first-order valence-electron chi connectivity index (χ1n) is 7.04. The summed E-state index contributed by atoms with van der Waals surface area (Å²) in [5, 5.41) is 3.96. The molecule has 1 aliphatic carbocycles. The van der Waals surface area contributed by atoms with E-state index in [4.69, 9.17) is 10.3 Å². The minimum Gasteiger partial charge on any atom is -0.339 e. The first-order chi connectivity index (χ1) is 9.72. The Morgan fingerprint density at radius 2 is 1.95 bits per heavy atom. The van der Waals surface area contributed by atoms with Gasteiger partial charge in [-0.15, -0.1) is 0 Å². The second-order valence-corrected chi connectivity index (χ2v) is 5.43. The van der Waals surface area contributed by atoms with Gasteiger partial charge in [0.15, 0.2) is 5.82 Å². The lowest BCUT2D eigenvalue weighted by Crippen LogP contribution is -2.25. The molecule has 0 bridgehead atoms. The number of aromatic nitrogens is 2. The summed E-state index contributed by atoms with van der Waals surface area (Å²) in [6, 6.07) is 6.96. The van der Waals surface area contributed by atoms with Crippen LogP contribution in [0.3, 0.4) is 0 Å². The summed E-state index contributed by atoms with van der Waals surface area (Å²) in [5.74, 6) is 1.28. The zero-order valence-corrected chi connectivity index (χ0v) is 11.3. The van der Waals surface area contributed by atoms with E-state index in [0.29, 0.717) is 35.7 Å².